The molecule has 0 aliphatic rings. The molecule has 0 saturated heterocycles. The lowest BCUT2D eigenvalue weighted by Gasteiger charge is -2.05. The Kier molecular flexibility index (Phi) is 3.73. The van der Waals surface area contributed by atoms with E-state index in [1.807, 2.05) is 6.07 Å². The summed E-state index contributed by atoms with van der Waals surface area (Å²) in [5.41, 5.74) is 1.40. The van der Waals surface area contributed by atoms with Crippen molar-refractivity contribution in [2.24, 2.45) is 0 Å². The van der Waals surface area contributed by atoms with Crippen LogP contribution in [0.2, 0.25) is 5.02 Å². The molecule has 0 unspecified atom stereocenters. The van der Waals surface area contributed by atoms with E-state index in [0.29, 0.717) is 17.2 Å². The molecule has 0 amide bonds. The first-order valence-electron chi connectivity index (χ1n) is 3.56. The lowest BCUT2D eigenvalue weighted by molar-refractivity contribution is 0.184. The van der Waals surface area contributed by atoms with Gasteiger partial charge in [-0.3, -0.25) is 0 Å². The quantitative estimate of drug-likeness (QED) is 0.818. The first kappa shape index (κ1) is 10.5. The molecule has 1 aromatic carbocycles. The minimum atomic E-state index is 0.436. The normalized spacial score (nSPS) is 9.69. The summed E-state index contributed by atoms with van der Waals surface area (Å²) in [6, 6.07) is 5.37. The van der Waals surface area contributed by atoms with E-state index >= 15 is 0 Å². The summed E-state index contributed by atoms with van der Waals surface area (Å²) in [5, 5.41) is 9.20. The van der Waals surface area contributed by atoms with Crippen LogP contribution in [0, 0.1) is 11.3 Å². The van der Waals surface area contributed by atoms with E-state index in [-0.39, 0.29) is 0 Å². The van der Waals surface area contributed by atoms with Crippen LogP contribution in [0.15, 0.2) is 16.6 Å². The lowest BCUT2D eigenvalue weighted by Crippen LogP contribution is -1.91. The van der Waals surface area contributed by atoms with Crippen molar-refractivity contribution in [3.63, 3.8) is 0 Å². The Bertz CT molecular complexity index is 336. The number of benzene rings is 1. The molecule has 0 spiro atoms. The molecule has 1 aromatic rings. The molecule has 0 bridgehead atoms. The molecule has 0 atom stereocenters. The number of rotatable bonds is 2. The van der Waals surface area contributed by atoms with Gasteiger partial charge in [-0.25, -0.2) is 0 Å². The van der Waals surface area contributed by atoms with Gasteiger partial charge >= 0.3 is 0 Å². The number of halogens is 2. The van der Waals surface area contributed by atoms with Crippen LogP contribution in [0.3, 0.4) is 0 Å². The topological polar surface area (TPSA) is 33.0 Å². The van der Waals surface area contributed by atoms with Gasteiger partial charge < -0.3 is 4.74 Å². The molecule has 68 valence electrons. The lowest BCUT2D eigenvalue weighted by atomic mass is 10.1. The Morgan fingerprint density at radius 2 is 2.31 bits per heavy atom. The smallest absolute Gasteiger partial charge is 0.0992 e. The van der Waals surface area contributed by atoms with E-state index in [2.05, 4.69) is 15.9 Å². The molecular formula is C9H7BrClNO. The maximum Gasteiger partial charge on any atom is 0.0992 e. The fraction of sp³-hybridized carbons (Fsp3) is 0.222. The Morgan fingerprint density at radius 1 is 1.62 bits per heavy atom. The van der Waals surface area contributed by atoms with Gasteiger partial charge in [-0.1, -0.05) is 27.5 Å². The van der Waals surface area contributed by atoms with Crippen molar-refractivity contribution < 1.29 is 4.74 Å². The first-order chi connectivity index (χ1) is 6.19. The summed E-state index contributed by atoms with van der Waals surface area (Å²) >= 11 is 9.26. The van der Waals surface area contributed by atoms with Gasteiger partial charge in [-0.2, -0.15) is 5.26 Å². The van der Waals surface area contributed by atoms with Gasteiger partial charge in [-0.05, 0) is 12.1 Å². The SMILES string of the molecule is COCc1c(Cl)cc(C#N)cc1Br. The largest absolute Gasteiger partial charge is 0.380 e. The molecule has 0 fully saturated rings. The number of methoxy groups -OCH3 is 1. The Labute approximate surface area is 90.2 Å². The minimum absolute atomic E-state index is 0.436. The van der Waals surface area contributed by atoms with Crippen molar-refractivity contribution in [2.45, 2.75) is 6.61 Å². The van der Waals surface area contributed by atoms with Crippen LogP contribution in [-0.2, 0) is 11.3 Å². The van der Waals surface area contributed by atoms with Gasteiger partial charge in [0.2, 0.25) is 0 Å². The summed E-state index contributed by atoms with van der Waals surface area (Å²) in [5.74, 6) is 0. The molecule has 0 aliphatic carbocycles. The highest BCUT2D eigenvalue weighted by Crippen LogP contribution is 2.27. The van der Waals surface area contributed by atoms with Crippen molar-refractivity contribution in [1.29, 1.82) is 5.26 Å². The van der Waals surface area contributed by atoms with Crippen molar-refractivity contribution in [3.8, 4) is 6.07 Å². The van der Waals surface area contributed by atoms with Crippen LogP contribution in [0.4, 0.5) is 0 Å². The average molecular weight is 261 g/mol. The zero-order chi connectivity index (χ0) is 9.84. The van der Waals surface area contributed by atoms with Gasteiger partial charge in [0.1, 0.15) is 0 Å². The predicted octanol–water partition coefficient (Wildman–Crippen LogP) is 3.12. The zero-order valence-corrected chi connectivity index (χ0v) is 9.32. The highest BCUT2D eigenvalue weighted by molar-refractivity contribution is 9.10. The van der Waals surface area contributed by atoms with Gasteiger partial charge in [0.05, 0.1) is 18.2 Å². The van der Waals surface area contributed by atoms with E-state index in [0.717, 1.165) is 10.0 Å². The second-order valence-electron chi connectivity index (χ2n) is 2.46. The van der Waals surface area contributed by atoms with Crippen molar-refractivity contribution in [2.75, 3.05) is 7.11 Å². The third-order valence-electron chi connectivity index (χ3n) is 1.56. The van der Waals surface area contributed by atoms with Crippen LogP contribution in [0.5, 0.6) is 0 Å². The number of ether oxygens (including phenoxy) is 1. The van der Waals surface area contributed by atoms with Crippen molar-refractivity contribution in [1.82, 2.24) is 0 Å². The maximum absolute atomic E-state index is 8.65. The van der Waals surface area contributed by atoms with Gasteiger partial charge in [0, 0.05) is 22.2 Å². The van der Waals surface area contributed by atoms with Crippen LogP contribution in [-0.4, -0.2) is 7.11 Å². The maximum atomic E-state index is 8.65. The van der Waals surface area contributed by atoms with Crippen molar-refractivity contribution in [3.05, 3.63) is 32.8 Å². The third kappa shape index (κ3) is 2.44. The second-order valence-corrected chi connectivity index (χ2v) is 3.72. The van der Waals surface area contributed by atoms with Crippen LogP contribution in [0.1, 0.15) is 11.1 Å². The average Bonchev–Trinajstić information content (AvgIpc) is 2.11. The molecule has 0 radical (unpaired) electrons. The molecule has 0 aromatic heterocycles. The van der Waals surface area contributed by atoms with Crippen molar-refractivity contribution >= 4 is 27.5 Å². The molecule has 4 heteroatoms. The van der Waals surface area contributed by atoms with E-state index in [9.17, 15) is 0 Å². The van der Waals surface area contributed by atoms with Gasteiger partial charge in [-0.15, -0.1) is 0 Å². The molecule has 0 saturated carbocycles. The first-order valence-corrected chi connectivity index (χ1v) is 4.73. The zero-order valence-electron chi connectivity index (χ0n) is 6.97. The molecule has 2 nitrogen and oxygen atoms in total. The van der Waals surface area contributed by atoms with Crippen LogP contribution >= 0.6 is 27.5 Å². The highest BCUT2D eigenvalue weighted by Gasteiger charge is 2.06. The predicted molar refractivity (Wildman–Crippen MR) is 54.6 cm³/mol. The van der Waals surface area contributed by atoms with Gasteiger partial charge in [0.15, 0.2) is 0 Å². The summed E-state index contributed by atoms with van der Waals surface area (Å²) in [7, 11) is 1.60. The summed E-state index contributed by atoms with van der Waals surface area (Å²) < 4.78 is 5.77. The highest BCUT2D eigenvalue weighted by atomic mass is 79.9. The number of hydrogen-bond donors (Lipinski definition) is 0. The molecule has 0 N–H and O–H groups in total. The molecule has 0 aliphatic heterocycles. The number of nitrogens with zero attached hydrogens (tertiary/aromatic N) is 1. The van der Waals surface area contributed by atoms with E-state index in [1.54, 1.807) is 19.2 Å². The Balaban J connectivity index is 3.17. The fourth-order valence-electron chi connectivity index (χ4n) is 0.950. The van der Waals surface area contributed by atoms with E-state index in [4.69, 9.17) is 21.6 Å². The molecular weight excluding hydrogens is 253 g/mol. The van der Waals surface area contributed by atoms with Gasteiger partial charge in [0.25, 0.3) is 0 Å². The van der Waals surface area contributed by atoms with Crippen LogP contribution < -0.4 is 0 Å². The third-order valence-corrected chi connectivity index (χ3v) is 2.60. The molecule has 13 heavy (non-hydrogen) atoms. The minimum Gasteiger partial charge on any atom is -0.380 e. The number of hydrogen-bond acceptors (Lipinski definition) is 2. The van der Waals surface area contributed by atoms with Crippen LogP contribution in [0.25, 0.3) is 0 Å². The van der Waals surface area contributed by atoms with E-state index < -0.39 is 0 Å². The van der Waals surface area contributed by atoms with E-state index in [1.165, 1.54) is 0 Å². The summed E-state index contributed by atoms with van der Waals surface area (Å²) in [4.78, 5) is 0. The molecule has 0 heterocycles. The standard InChI is InChI=1S/C9H7BrClNO/c1-13-5-7-8(10)2-6(4-12)3-9(7)11/h2-3H,5H2,1H3. The fourth-order valence-corrected chi connectivity index (χ4v) is 1.91. The summed E-state index contributed by atoms with van der Waals surface area (Å²) in [6.45, 7) is 0.436. The Morgan fingerprint density at radius 3 is 2.77 bits per heavy atom. The second kappa shape index (κ2) is 4.61. The monoisotopic (exact) mass is 259 g/mol. The molecule has 1 rings (SSSR count). The number of nitriles is 1. The Hall–Kier alpha value is -0.560. The summed E-state index contributed by atoms with van der Waals surface area (Å²) in [6.07, 6.45) is 0.